The van der Waals surface area contributed by atoms with Gasteiger partial charge < -0.3 is 4.74 Å². The van der Waals surface area contributed by atoms with E-state index in [9.17, 15) is 23.2 Å². The zero-order valence-electron chi connectivity index (χ0n) is 12.1. The van der Waals surface area contributed by atoms with Crippen molar-refractivity contribution in [2.24, 2.45) is 5.92 Å². The fraction of sp³-hybridized carbons (Fsp3) is 0.500. The van der Waals surface area contributed by atoms with E-state index in [0.717, 1.165) is 18.6 Å². The number of ether oxygens (including phenoxy) is 1. The van der Waals surface area contributed by atoms with Crippen molar-refractivity contribution in [3.8, 4) is 6.07 Å². The summed E-state index contributed by atoms with van der Waals surface area (Å²) < 4.78 is 42.9. The predicted octanol–water partition coefficient (Wildman–Crippen LogP) is 3.83. The van der Waals surface area contributed by atoms with Crippen molar-refractivity contribution in [2.75, 3.05) is 6.61 Å². The molecule has 1 unspecified atom stereocenters. The molecular weight excluding hydrogens is 295 g/mol. The molecule has 1 saturated carbocycles. The van der Waals surface area contributed by atoms with Crippen LogP contribution in [-0.2, 0) is 21.1 Å². The summed E-state index contributed by atoms with van der Waals surface area (Å²) in [5.41, 5.74) is -0.882. The molecule has 3 nitrogen and oxygen atoms in total. The molecule has 0 heterocycles. The van der Waals surface area contributed by atoms with Gasteiger partial charge in [0.15, 0.2) is 5.92 Å². The monoisotopic (exact) mass is 311 g/mol. The molecule has 1 aliphatic carbocycles. The molecule has 1 fully saturated rings. The highest BCUT2D eigenvalue weighted by Crippen LogP contribution is 2.50. The number of esters is 1. The molecule has 1 aliphatic rings. The second-order valence-corrected chi connectivity index (χ2v) is 5.40. The molecule has 1 atom stereocenters. The van der Waals surface area contributed by atoms with Gasteiger partial charge in [-0.3, -0.25) is 4.79 Å². The summed E-state index contributed by atoms with van der Waals surface area (Å²) >= 11 is 0. The standard InChI is InChI=1S/C16H16F3NO2/c1-2-22-14(21)13(10-20)15(8-3-9-15)11-4-6-12(7-5-11)16(17,18)19/h4-7,13H,2-3,8-9H2,1H3. The molecule has 1 aromatic carbocycles. The molecule has 0 N–H and O–H groups in total. The van der Waals surface area contributed by atoms with E-state index in [0.29, 0.717) is 18.4 Å². The summed E-state index contributed by atoms with van der Waals surface area (Å²) in [4.78, 5) is 12.0. The van der Waals surface area contributed by atoms with E-state index in [1.165, 1.54) is 12.1 Å². The summed E-state index contributed by atoms with van der Waals surface area (Å²) in [6.07, 6.45) is -2.38. The van der Waals surface area contributed by atoms with Gasteiger partial charge in [-0.05, 0) is 37.5 Å². The van der Waals surface area contributed by atoms with Crippen LogP contribution in [-0.4, -0.2) is 12.6 Å². The van der Waals surface area contributed by atoms with Crippen LogP contribution in [0.3, 0.4) is 0 Å². The number of rotatable bonds is 4. The maximum absolute atomic E-state index is 12.6. The van der Waals surface area contributed by atoms with Crippen molar-refractivity contribution in [1.82, 2.24) is 0 Å². The molecule has 118 valence electrons. The Bertz CT molecular complexity index is 583. The first-order valence-corrected chi connectivity index (χ1v) is 7.09. The van der Waals surface area contributed by atoms with Crippen LogP contribution in [0.4, 0.5) is 13.2 Å². The normalized spacial score (nSPS) is 18.0. The highest BCUT2D eigenvalue weighted by molar-refractivity contribution is 5.78. The first kappa shape index (κ1) is 16.3. The van der Waals surface area contributed by atoms with Crippen molar-refractivity contribution in [2.45, 2.75) is 37.8 Å². The molecule has 1 aromatic rings. The third-order valence-electron chi connectivity index (χ3n) is 4.24. The second kappa shape index (κ2) is 5.99. The minimum Gasteiger partial charge on any atom is -0.465 e. The van der Waals surface area contributed by atoms with Crippen LogP contribution in [0.15, 0.2) is 24.3 Å². The van der Waals surface area contributed by atoms with E-state index in [-0.39, 0.29) is 6.61 Å². The molecule has 22 heavy (non-hydrogen) atoms. The Morgan fingerprint density at radius 2 is 1.95 bits per heavy atom. The number of carbonyl (C=O) groups is 1. The highest BCUT2D eigenvalue weighted by atomic mass is 19.4. The Balaban J connectivity index is 2.34. The fourth-order valence-electron chi connectivity index (χ4n) is 2.92. The van der Waals surface area contributed by atoms with Crippen LogP contribution in [0.25, 0.3) is 0 Å². The Morgan fingerprint density at radius 1 is 1.36 bits per heavy atom. The zero-order chi connectivity index (χ0) is 16.4. The molecule has 6 heteroatoms. The number of hydrogen-bond acceptors (Lipinski definition) is 3. The van der Waals surface area contributed by atoms with E-state index in [1.807, 2.05) is 6.07 Å². The Morgan fingerprint density at radius 3 is 2.32 bits per heavy atom. The number of halogens is 3. The Kier molecular flexibility index (Phi) is 4.45. The Hall–Kier alpha value is -2.03. The summed E-state index contributed by atoms with van der Waals surface area (Å²) in [5.74, 6) is -1.59. The first-order chi connectivity index (χ1) is 10.3. The molecule has 0 aromatic heterocycles. The average Bonchev–Trinajstić information content (AvgIpc) is 2.42. The van der Waals surface area contributed by atoms with Crippen LogP contribution >= 0.6 is 0 Å². The van der Waals surface area contributed by atoms with Crippen molar-refractivity contribution in [1.29, 1.82) is 5.26 Å². The van der Waals surface area contributed by atoms with E-state index in [2.05, 4.69) is 0 Å². The van der Waals surface area contributed by atoms with Gasteiger partial charge in [0, 0.05) is 5.41 Å². The number of benzene rings is 1. The third kappa shape index (κ3) is 2.80. The topological polar surface area (TPSA) is 50.1 Å². The van der Waals surface area contributed by atoms with Gasteiger partial charge >= 0.3 is 12.1 Å². The maximum atomic E-state index is 12.6. The average molecular weight is 311 g/mol. The lowest BCUT2D eigenvalue weighted by Gasteiger charge is -2.44. The number of nitriles is 1. The van der Waals surface area contributed by atoms with E-state index in [1.54, 1.807) is 6.92 Å². The second-order valence-electron chi connectivity index (χ2n) is 5.40. The minimum atomic E-state index is -4.40. The largest absolute Gasteiger partial charge is 0.465 e. The lowest BCUT2D eigenvalue weighted by atomic mass is 9.57. The van der Waals surface area contributed by atoms with E-state index >= 15 is 0 Å². The molecule has 0 amide bonds. The molecule has 0 radical (unpaired) electrons. The van der Waals surface area contributed by atoms with Crippen molar-refractivity contribution < 1.29 is 22.7 Å². The van der Waals surface area contributed by atoms with Crippen molar-refractivity contribution in [3.05, 3.63) is 35.4 Å². The van der Waals surface area contributed by atoms with E-state index in [4.69, 9.17) is 4.74 Å². The van der Waals surface area contributed by atoms with E-state index < -0.39 is 29.0 Å². The SMILES string of the molecule is CCOC(=O)C(C#N)C1(c2ccc(C(F)(F)F)cc2)CCC1. The third-order valence-corrected chi connectivity index (χ3v) is 4.24. The molecule has 2 rings (SSSR count). The number of hydrogen-bond donors (Lipinski definition) is 0. The summed E-state index contributed by atoms with van der Waals surface area (Å²) in [5, 5.41) is 9.34. The predicted molar refractivity (Wildman–Crippen MR) is 72.7 cm³/mol. The van der Waals surface area contributed by atoms with Crippen molar-refractivity contribution in [3.63, 3.8) is 0 Å². The van der Waals surface area contributed by atoms with Gasteiger partial charge in [-0.25, -0.2) is 0 Å². The van der Waals surface area contributed by atoms with Gasteiger partial charge in [-0.2, -0.15) is 18.4 Å². The molecule has 0 spiro atoms. The van der Waals surface area contributed by atoms with Gasteiger partial charge in [-0.1, -0.05) is 18.6 Å². The van der Waals surface area contributed by atoms with Crippen molar-refractivity contribution >= 4 is 5.97 Å². The zero-order valence-corrected chi connectivity index (χ0v) is 12.1. The quantitative estimate of drug-likeness (QED) is 0.794. The molecule has 0 aliphatic heterocycles. The van der Waals surface area contributed by atoms with Crippen LogP contribution in [0.2, 0.25) is 0 Å². The summed E-state index contributed by atoms with van der Waals surface area (Å²) in [6.45, 7) is 1.82. The molecule has 0 saturated heterocycles. The van der Waals surface area contributed by atoms with Gasteiger partial charge in [-0.15, -0.1) is 0 Å². The number of alkyl halides is 3. The van der Waals surface area contributed by atoms with Gasteiger partial charge in [0.1, 0.15) is 0 Å². The fourth-order valence-corrected chi connectivity index (χ4v) is 2.92. The number of nitrogens with zero attached hydrogens (tertiary/aromatic N) is 1. The molecular formula is C16H16F3NO2. The molecule has 0 bridgehead atoms. The number of carbonyl (C=O) groups excluding carboxylic acids is 1. The van der Waals surface area contributed by atoms with Gasteiger partial charge in [0.2, 0.25) is 0 Å². The lowest BCUT2D eigenvalue weighted by molar-refractivity contribution is -0.149. The van der Waals surface area contributed by atoms with Crippen LogP contribution in [0.1, 0.15) is 37.3 Å². The smallest absolute Gasteiger partial charge is 0.416 e. The van der Waals surface area contributed by atoms with Crippen LogP contribution in [0, 0.1) is 17.2 Å². The minimum absolute atomic E-state index is 0.167. The van der Waals surface area contributed by atoms with Gasteiger partial charge in [0.05, 0.1) is 18.2 Å². The maximum Gasteiger partial charge on any atom is 0.416 e. The van der Waals surface area contributed by atoms with Gasteiger partial charge in [0.25, 0.3) is 0 Å². The summed E-state index contributed by atoms with van der Waals surface area (Å²) in [7, 11) is 0. The lowest BCUT2D eigenvalue weighted by Crippen LogP contribution is -2.45. The highest BCUT2D eigenvalue weighted by Gasteiger charge is 2.50. The van der Waals surface area contributed by atoms with Crippen LogP contribution in [0.5, 0.6) is 0 Å². The summed E-state index contributed by atoms with van der Waals surface area (Å²) in [6, 6.07) is 6.70. The Labute approximate surface area is 126 Å². The first-order valence-electron chi connectivity index (χ1n) is 7.09. The van der Waals surface area contributed by atoms with Crippen LogP contribution < -0.4 is 0 Å².